The summed E-state index contributed by atoms with van der Waals surface area (Å²) in [6.45, 7) is 2.23. The zero-order valence-corrected chi connectivity index (χ0v) is 16.9. The normalized spacial score (nSPS) is 15.8. The van der Waals surface area contributed by atoms with Crippen molar-refractivity contribution in [3.63, 3.8) is 0 Å². The Labute approximate surface area is 170 Å². The summed E-state index contributed by atoms with van der Waals surface area (Å²) in [5.74, 6) is 0.472. The van der Waals surface area contributed by atoms with Crippen molar-refractivity contribution in [2.75, 3.05) is 11.1 Å². The van der Waals surface area contributed by atoms with Crippen molar-refractivity contribution in [2.24, 2.45) is 5.92 Å². The number of H-pyrrole nitrogens is 1. The van der Waals surface area contributed by atoms with Crippen LogP contribution in [0.15, 0.2) is 34.2 Å². The van der Waals surface area contributed by atoms with Gasteiger partial charge < -0.3 is 10.3 Å². The molecule has 0 aliphatic heterocycles. The van der Waals surface area contributed by atoms with Crippen LogP contribution in [0.2, 0.25) is 0 Å². The summed E-state index contributed by atoms with van der Waals surface area (Å²) in [5, 5.41) is 13.0. The van der Waals surface area contributed by atoms with Gasteiger partial charge in [0.2, 0.25) is 5.91 Å². The average molecular weight is 411 g/mol. The summed E-state index contributed by atoms with van der Waals surface area (Å²) in [6.07, 6.45) is 3.02. The Hall–Kier alpha value is -2.63. The van der Waals surface area contributed by atoms with Gasteiger partial charge in [0, 0.05) is 4.88 Å². The molecule has 142 valence electrons. The van der Waals surface area contributed by atoms with Gasteiger partial charge in [-0.15, -0.1) is 11.3 Å². The summed E-state index contributed by atoms with van der Waals surface area (Å²) >= 11 is 2.77. The van der Waals surface area contributed by atoms with Gasteiger partial charge in [0.05, 0.1) is 22.4 Å². The van der Waals surface area contributed by atoms with Crippen molar-refractivity contribution in [3.05, 3.63) is 50.6 Å². The van der Waals surface area contributed by atoms with E-state index in [9.17, 15) is 9.59 Å². The summed E-state index contributed by atoms with van der Waals surface area (Å²) < 4.78 is 0. The first-order valence-electron chi connectivity index (χ1n) is 9.01. The number of fused-ring (bicyclic) bond motifs is 3. The fraction of sp³-hybridized carbons (Fsp3) is 0.300. The lowest BCUT2D eigenvalue weighted by Crippen LogP contribution is -2.16. The number of para-hydroxylation sites is 1. The van der Waals surface area contributed by atoms with E-state index in [1.807, 2.05) is 6.07 Å². The van der Waals surface area contributed by atoms with Crippen LogP contribution in [-0.4, -0.2) is 21.6 Å². The molecular formula is C20H18N4O2S2. The number of thiophene rings is 1. The number of nitriles is 1. The van der Waals surface area contributed by atoms with Gasteiger partial charge in [-0.3, -0.25) is 9.59 Å². The number of carbonyl (C=O) groups excluding carboxylic acids is 1. The molecular weight excluding hydrogens is 392 g/mol. The van der Waals surface area contributed by atoms with Crippen LogP contribution in [0.5, 0.6) is 0 Å². The maximum Gasteiger partial charge on any atom is 0.260 e. The number of amides is 1. The van der Waals surface area contributed by atoms with Crippen molar-refractivity contribution >= 4 is 44.9 Å². The lowest BCUT2D eigenvalue weighted by atomic mass is 9.89. The molecule has 0 radical (unpaired) electrons. The van der Waals surface area contributed by atoms with Crippen LogP contribution in [0, 0.1) is 17.2 Å². The first-order chi connectivity index (χ1) is 13.5. The second-order valence-corrected chi connectivity index (χ2v) is 8.94. The van der Waals surface area contributed by atoms with Crippen LogP contribution in [0.4, 0.5) is 5.69 Å². The third kappa shape index (κ3) is 3.68. The van der Waals surface area contributed by atoms with Crippen LogP contribution < -0.4 is 10.9 Å². The fourth-order valence-corrected chi connectivity index (χ4v) is 5.51. The van der Waals surface area contributed by atoms with Gasteiger partial charge in [0.15, 0.2) is 5.16 Å². The number of rotatable bonds is 4. The van der Waals surface area contributed by atoms with E-state index in [0.717, 1.165) is 29.7 Å². The lowest BCUT2D eigenvalue weighted by molar-refractivity contribution is -0.113. The Morgan fingerprint density at radius 1 is 1.46 bits per heavy atom. The highest BCUT2D eigenvalue weighted by Gasteiger charge is 2.23. The molecule has 1 aromatic carbocycles. The Morgan fingerprint density at radius 3 is 3.11 bits per heavy atom. The SMILES string of the molecule is C[C@@H]1CCc2c(sc3nc(SCC(=O)Nc4ccccc4C#N)[nH]c(=O)c23)C1. The maximum absolute atomic E-state index is 12.6. The van der Waals surface area contributed by atoms with Gasteiger partial charge in [-0.25, -0.2) is 4.98 Å². The molecule has 0 saturated carbocycles. The minimum atomic E-state index is -0.255. The number of aryl methyl sites for hydroxylation is 1. The number of nitrogens with one attached hydrogen (secondary N) is 2. The van der Waals surface area contributed by atoms with Crippen LogP contribution in [0.1, 0.15) is 29.3 Å². The van der Waals surface area contributed by atoms with Crippen molar-refractivity contribution in [1.82, 2.24) is 9.97 Å². The second kappa shape index (κ2) is 7.78. The van der Waals surface area contributed by atoms with Gasteiger partial charge >= 0.3 is 0 Å². The summed E-state index contributed by atoms with van der Waals surface area (Å²) in [5.41, 5.74) is 1.91. The van der Waals surface area contributed by atoms with Crippen molar-refractivity contribution in [1.29, 1.82) is 5.26 Å². The van der Waals surface area contributed by atoms with E-state index >= 15 is 0 Å². The standard InChI is InChI=1S/C20H18N4O2S2/c1-11-6-7-13-15(8-11)28-19-17(13)18(26)23-20(24-19)27-10-16(25)22-14-5-3-2-4-12(14)9-21/h2-5,11H,6-8,10H2,1H3,(H,22,25)(H,23,24,26)/t11-/m1/s1. The molecule has 1 aliphatic carbocycles. The number of carbonyl (C=O) groups is 1. The van der Waals surface area contributed by atoms with Crippen LogP contribution in [0.3, 0.4) is 0 Å². The first-order valence-corrected chi connectivity index (χ1v) is 10.8. The first kappa shape index (κ1) is 18.7. The molecule has 8 heteroatoms. The topological polar surface area (TPSA) is 98.6 Å². The van der Waals surface area contributed by atoms with E-state index in [2.05, 4.69) is 22.2 Å². The number of aromatic amines is 1. The Kier molecular flexibility index (Phi) is 5.20. The van der Waals surface area contributed by atoms with E-state index in [0.29, 0.717) is 27.7 Å². The molecule has 6 nitrogen and oxygen atoms in total. The predicted molar refractivity (Wildman–Crippen MR) is 112 cm³/mol. The average Bonchev–Trinajstić information content (AvgIpc) is 3.04. The molecule has 2 heterocycles. The fourth-order valence-electron chi connectivity index (χ4n) is 3.41. The summed E-state index contributed by atoms with van der Waals surface area (Å²) in [7, 11) is 0. The van der Waals surface area contributed by atoms with Gasteiger partial charge in [0.25, 0.3) is 5.56 Å². The Balaban J connectivity index is 1.50. The molecule has 0 spiro atoms. The van der Waals surface area contributed by atoms with E-state index in [-0.39, 0.29) is 17.2 Å². The van der Waals surface area contributed by atoms with E-state index in [1.54, 1.807) is 35.6 Å². The number of aromatic nitrogens is 2. The number of benzene rings is 1. The molecule has 0 bridgehead atoms. The van der Waals surface area contributed by atoms with E-state index < -0.39 is 0 Å². The highest BCUT2D eigenvalue weighted by Crippen LogP contribution is 2.36. The van der Waals surface area contributed by atoms with Gasteiger partial charge in [-0.2, -0.15) is 5.26 Å². The molecule has 0 fully saturated rings. The number of hydrogen-bond donors (Lipinski definition) is 2. The zero-order valence-electron chi connectivity index (χ0n) is 15.2. The molecule has 3 aromatic rings. The monoisotopic (exact) mass is 410 g/mol. The molecule has 0 unspecified atom stereocenters. The molecule has 1 amide bonds. The third-order valence-electron chi connectivity index (χ3n) is 4.81. The molecule has 0 saturated heterocycles. The highest BCUT2D eigenvalue weighted by molar-refractivity contribution is 7.99. The number of hydrogen-bond acceptors (Lipinski definition) is 6. The van der Waals surface area contributed by atoms with Gasteiger partial charge in [0.1, 0.15) is 10.9 Å². The zero-order chi connectivity index (χ0) is 19.7. The van der Waals surface area contributed by atoms with Gasteiger partial charge in [-0.1, -0.05) is 30.8 Å². The van der Waals surface area contributed by atoms with Crippen molar-refractivity contribution in [2.45, 2.75) is 31.3 Å². The summed E-state index contributed by atoms with van der Waals surface area (Å²) in [4.78, 5) is 34.2. The van der Waals surface area contributed by atoms with Crippen LogP contribution in [-0.2, 0) is 17.6 Å². The van der Waals surface area contributed by atoms with E-state index in [1.165, 1.54) is 16.6 Å². The van der Waals surface area contributed by atoms with E-state index in [4.69, 9.17) is 5.26 Å². The maximum atomic E-state index is 12.6. The molecule has 2 aromatic heterocycles. The molecule has 2 N–H and O–H groups in total. The number of nitrogens with zero attached hydrogens (tertiary/aromatic N) is 2. The van der Waals surface area contributed by atoms with Crippen molar-refractivity contribution in [3.8, 4) is 6.07 Å². The highest BCUT2D eigenvalue weighted by atomic mass is 32.2. The number of thioether (sulfide) groups is 1. The largest absolute Gasteiger partial charge is 0.324 e. The van der Waals surface area contributed by atoms with Gasteiger partial charge in [-0.05, 0) is 42.9 Å². The molecule has 4 rings (SSSR count). The Morgan fingerprint density at radius 2 is 2.29 bits per heavy atom. The van der Waals surface area contributed by atoms with Crippen LogP contribution >= 0.6 is 23.1 Å². The minimum Gasteiger partial charge on any atom is -0.324 e. The summed E-state index contributed by atoms with van der Waals surface area (Å²) in [6, 6.07) is 8.89. The third-order valence-corrected chi connectivity index (χ3v) is 6.83. The quantitative estimate of drug-likeness (QED) is 0.505. The number of anilines is 1. The second-order valence-electron chi connectivity index (χ2n) is 6.90. The molecule has 28 heavy (non-hydrogen) atoms. The molecule has 1 atom stereocenters. The van der Waals surface area contributed by atoms with Crippen LogP contribution in [0.25, 0.3) is 10.2 Å². The predicted octanol–water partition coefficient (Wildman–Crippen LogP) is 3.71. The minimum absolute atomic E-state index is 0.0936. The lowest BCUT2D eigenvalue weighted by Gasteiger charge is -2.17. The molecule has 1 aliphatic rings. The van der Waals surface area contributed by atoms with Crippen molar-refractivity contribution < 1.29 is 4.79 Å². The smallest absolute Gasteiger partial charge is 0.260 e. The Bertz CT molecular complexity index is 1160.